The van der Waals surface area contributed by atoms with Crippen LogP contribution in [0.4, 0.5) is 5.69 Å². The number of carbonyl (C=O) groups excluding carboxylic acids is 1. The van der Waals surface area contributed by atoms with Crippen molar-refractivity contribution in [2.75, 3.05) is 10.8 Å². The van der Waals surface area contributed by atoms with Crippen LogP contribution in [0, 0.1) is 0 Å². The SMILES string of the molecule is NC(=O)C1=CN(CSc2ccccc2)c2ccccc2C1. The Hall–Kier alpha value is -2.20. The number of benzene rings is 2. The summed E-state index contributed by atoms with van der Waals surface area (Å²) in [5.41, 5.74) is 8.39. The largest absolute Gasteiger partial charge is 0.366 e. The van der Waals surface area contributed by atoms with Gasteiger partial charge in [0, 0.05) is 28.8 Å². The van der Waals surface area contributed by atoms with Gasteiger partial charge >= 0.3 is 0 Å². The maximum Gasteiger partial charge on any atom is 0.246 e. The number of para-hydroxylation sites is 1. The molecule has 2 aromatic carbocycles. The van der Waals surface area contributed by atoms with Gasteiger partial charge in [0.2, 0.25) is 5.91 Å². The van der Waals surface area contributed by atoms with E-state index in [1.165, 1.54) is 4.90 Å². The van der Waals surface area contributed by atoms with Gasteiger partial charge in [0.15, 0.2) is 0 Å². The Balaban J connectivity index is 1.84. The van der Waals surface area contributed by atoms with E-state index in [0.717, 1.165) is 17.1 Å². The van der Waals surface area contributed by atoms with E-state index in [9.17, 15) is 4.79 Å². The third-order valence-electron chi connectivity index (χ3n) is 3.42. The zero-order chi connectivity index (χ0) is 14.7. The molecule has 0 atom stereocenters. The van der Waals surface area contributed by atoms with Gasteiger partial charge in [-0.3, -0.25) is 4.79 Å². The van der Waals surface area contributed by atoms with E-state index in [-0.39, 0.29) is 5.91 Å². The van der Waals surface area contributed by atoms with E-state index in [1.54, 1.807) is 11.8 Å². The van der Waals surface area contributed by atoms with Crippen LogP contribution in [0.2, 0.25) is 0 Å². The van der Waals surface area contributed by atoms with Crippen LogP contribution < -0.4 is 10.6 Å². The first kappa shape index (κ1) is 13.8. The summed E-state index contributed by atoms with van der Waals surface area (Å²) < 4.78 is 0. The number of amides is 1. The fraction of sp³-hybridized carbons (Fsp3) is 0.118. The summed E-state index contributed by atoms with van der Waals surface area (Å²) in [5, 5.41) is 0. The van der Waals surface area contributed by atoms with Crippen LogP contribution >= 0.6 is 11.8 Å². The topological polar surface area (TPSA) is 46.3 Å². The third-order valence-corrected chi connectivity index (χ3v) is 4.44. The van der Waals surface area contributed by atoms with Crippen LogP contribution in [-0.2, 0) is 11.2 Å². The van der Waals surface area contributed by atoms with E-state index >= 15 is 0 Å². The number of rotatable bonds is 4. The molecule has 1 aliphatic rings. The van der Waals surface area contributed by atoms with Crippen molar-refractivity contribution >= 4 is 23.4 Å². The molecule has 4 heteroatoms. The Bertz CT molecular complexity index is 682. The Morgan fingerprint density at radius 2 is 1.81 bits per heavy atom. The molecular weight excluding hydrogens is 280 g/mol. The van der Waals surface area contributed by atoms with Crippen molar-refractivity contribution < 1.29 is 4.79 Å². The lowest BCUT2D eigenvalue weighted by molar-refractivity contribution is -0.114. The molecule has 3 nitrogen and oxygen atoms in total. The summed E-state index contributed by atoms with van der Waals surface area (Å²) in [6.07, 6.45) is 2.48. The number of anilines is 1. The summed E-state index contributed by atoms with van der Waals surface area (Å²) in [6, 6.07) is 18.4. The highest BCUT2D eigenvalue weighted by Gasteiger charge is 2.19. The van der Waals surface area contributed by atoms with Crippen molar-refractivity contribution in [3.8, 4) is 0 Å². The number of hydrogen-bond donors (Lipinski definition) is 1. The van der Waals surface area contributed by atoms with Gasteiger partial charge in [0.1, 0.15) is 0 Å². The smallest absolute Gasteiger partial charge is 0.246 e. The van der Waals surface area contributed by atoms with Crippen molar-refractivity contribution in [1.82, 2.24) is 0 Å². The molecule has 1 heterocycles. The first-order chi connectivity index (χ1) is 10.2. The normalized spacial score (nSPS) is 13.5. The Morgan fingerprint density at radius 3 is 2.57 bits per heavy atom. The van der Waals surface area contributed by atoms with Crippen molar-refractivity contribution in [3.63, 3.8) is 0 Å². The van der Waals surface area contributed by atoms with E-state index in [4.69, 9.17) is 5.73 Å². The average molecular weight is 296 g/mol. The summed E-state index contributed by atoms with van der Waals surface area (Å²) >= 11 is 1.73. The highest BCUT2D eigenvalue weighted by atomic mass is 32.2. The molecule has 0 unspecified atom stereocenters. The van der Waals surface area contributed by atoms with Gasteiger partial charge in [-0.15, -0.1) is 11.8 Å². The van der Waals surface area contributed by atoms with Crippen molar-refractivity contribution in [3.05, 3.63) is 71.9 Å². The highest BCUT2D eigenvalue weighted by Crippen LogP contribution is 2.31. The summed E-state index contributed by atoms with van der Waals surface area (Å²) in [6.45, 7) is 0. The first-order valence-corrected chi connectivity index (χ1v) is 7.75. The Morgan fingerprint density at radius 1 is 1.10 bits per heavy atom. The molecule has 0 aliphatic carbocycles. The van der Waals surface area contributed by atoms with Gasteiger partial charge in [-0.1, -0.05) is 36.4 Å². The van der Waals surface area contributed by atoms with Crippen LogP contribution in [0.15, 0.2) is 71.3 Å². The molecule has 1 amide bonds. The summed E-state index contributed by atoms with van der Waals surface area (Å²) in [5.74, 6) is 0.400. The van der Waals surface area contributed by atoms with E-state index < -0.39 is 0 Å². The predicted molar refractivity (Wildman–Crippen MR) is 87.1 cm³/mol. The molecule has 2 aromatic rings. The van der Waals surface area contributed by atoms with Crippen molar-refractivity contribution in [2.45, 2.75) is 11.3 Å². The maximum atomic E-state index is 11.5. The summed E-state index contributed by atoms with van der Waals surface area (Å²) in [7, 11) is 0. The van der Waals surface area contributed by atoms with Crippen LogP contribution in [0.1, 0.15) is 5.56 Å². The molecule has 0 fully saturated rings. The van der Waals surface area contributed by atoms with Crippen LogP contribution in [0.5, 0.6) is 0 Å². The molecule has 0 spiro atoms. The van der Waals surface area contributed by atoms with E-state index in [2.05, 4.69) is 23.1 Å². The second-order valence-electron chi connectivity index (χ2n) is 4.88. The minimum atomic E-state index is -0.348. The quantitative estimate of drug-likeness (QED) is 0.882. The van der Waals surface area contributed by atoms with Crippen molar-refractivity contribution in [2.24, 2.45) is 5.73 Å². The van der Waals surface area contributed by atoms with Crippen molar-refractivity contribution in [1.29, 1.82) is 0 Å². The molecule has 3 rings (SSSR count). The first-order valence-electron chi connectivity index (χ1n) is 6.77. The van der Waals surface area contributed by atoms with Crippen LogP contribution in [0.3, 0.4) is 0 Å². The number of hydrogen-bond acceptors (Lipinski definition) is 3. The average Bonchev–Trinajstić information content (AvgIpc) is 2.53. The Labute approximate surface area is 128 Å². The number of nitrogens with two attached hydrogens (primary N) is 1. The number of carbonyl (C=O) groups is 1. The van der Waals surface area contributed by atoms with Crippen LogP contribution in [-0.4, -0.2) is 11.8 Å². The molecule has 106 valence electrons. The second kappa shape index (κ2) is 6.06. The predicted octanol–water partition coefficient (Wildman–Crippen LogP) is 3.17. The molecule has 0 saturated carbocycles. The number of nitrogens with zero attached hydrogens (tertiary/aromatic N) is 1. The number of fused-ring (bicyclic) bond motifs is 1. The fourth-order valence-corrected chi connectivity index (χ4v) is 3.22. The Kier molecular flexibility index (Phi) is 3.97. The molecule has 0 radical (unpaired) electrons. The van der Waals surface area contributed by atoms with E-state index in [0.29, 0.717) is 12.0 Å². The van der Waals surface area contributed by atoms with Gasteiger partial charge < -0.3 is 10.6 Å². The monoisotopic (exact) mass is 296 g/mol. The maximum absolute atomic E-state index is 11.5. The highest BCUT2D eigenvalue weighted by molar-refractivity contribution is 7.99. The van der Waals surface area contributed by atoms with Gasteiger partial charge in [-0.05, 0) is 23.8 Å². The minimum Gasteiger partial charge on any atom is -0.366 e. The molecule has 0 saturated heterocycles. The van der Waals surface area contributed by atoms with Gasteiger partial charge in [0.25, 0.3) is 0 Å². The standard InChI is InChI=1S/C17H16N2OS/c18-17(20)14-10-13-6-4-5-9-16(13)19(11-14)12-21-15-7-2-1-3-8-15/h1-9,11H,10,12H2,(H2,18,20). The third kappa shape index (κ3) is 3.11. The molecular formula is C17H16N2OS. The molecule has 21 heavy (non-hydrogen) atoms. The zero-order valence-electron chi connectivity index (χ0n) is 11.5. The number of thioether (sulfide) groups is 1. The van der Waals surface area contributed by atoms with E-state index in [1.807, 2.05) is 42.6 Å². The molecule has 1 aliphatic heterocycles. The second-order valence-corrected chi connectivity index (χ2v) is 5.90. The lowest BCUT2D eigenvalue weighted by Gasteiger charge is -2.28. The van der Waals surface area contributed by atoms with Gasteiger partial charge in [-0.2, -0.15) is 0 Å². The van der Waals surface area contributed by atoms with Gasteiger partial charge in [-0.25, -0.2) is 0 Å². The zero-order valence-corrected chi connectivity index (χ0v) is 12.3. The lowest BCUT2D eigenvalue weighted by Crippen LogP contribution is -2.27. The molecule has 0 bridgehead atoms. The summed E-state index contributed by atoms with van der Waals surface area (Å²) in [4.78, 5) is 14.8. The molecule has 0 aromatic heterocycles. The van der Waals surface area contributed by atoms with Crippen LogP contribution in [0.25, 0.3) is 0 Å². The minimum absolute atomic E-state index is 0.348. The lowest BCUT2D eigenvalue weighted by atomic mass is 10.00. The van der Waals surface area contributed by atoms with Gasteiger partial charge in [0.05, 0.1) is 5.88 Å². The fourth-order valence-electron chi connectivity index (χ4n) is 2.37. The molecule has 2 N–H and O–H groups in total. The number of primary amides is 1.